The molecule has 3 aromatic carbocycles. The van der Waals surface area contributed by atoms with Gasteiger partial charge in [-0.3, -0.25) is 14.4 Å². The summed E-state index contributed by atoms with van der Waals surface area (Å²) >= 11 is 0. The quantitative estimate of drug-likeness (QED) is 0.132. The smallest absolute Gasteiger partial charge is 0.178 e. The summed E-state index contributed by atoms with van der Waals surface area (Å²) in [7, 11) is 0. The van der Waals surface area contributed by atoms with Gasteiger partial charge in [0.15, 0.2) is 17.3 Å². The maximum atomic E-state index is 14.2. The first-order valence-corrected chi connectivity index (χ1v) is 11.2. The van der Waals surface area contributed by atoms with Crippen molar-refractivity contribution in [2.75, 3.05) is 37.0 Å². The van der Waals surface area contributed by atoms with Gasteiger partial charge >= 0.3 is 0 Å². The largest absolute Gasteiger partial charge is 0.399 e. The number of ketones is 3. The molecule has 9 nitrogen and oxygen atoms in total. The normalized spacial score (nSPS) is 11.8. The van der Waals surface area contributed by atoms with E-state index in [0.29, 0.717) is 17.1 Å². The fraction of sp³-hybridized carbons (Fsp3) is 0.222. The Morgan fingerprint density at radius 1 is 0.556 bits per heavy atom. The van der Waals surface area contributed by atoms with Crippen LogP contribution in [0.3, 0.4) is 0 Å². The summed E-state index contributed by atoms with van der Waals surface area (Å²) in [6.45, 7) is -2.89. The second kappa shape index (κ2) is 10.7. The van der Waals surface area contributed by atoms with Crippen molar-refractivity contribution in [1.29, 1.82) is 0 Å². The number of anilines is 3. The molecule has 3 aromatic rings. The molecular formula is C27H29N3O6. The number of carbonyl (C=O) groups is 3. The van der Waals surface area contributed by atoms with Gasteiger partial charge in [0.2, 0.25) is 0 Å². The molecule has 0 saturated heterocycles. The Balaban J connectivity index is 2.32. The highest BCUT2D eigenvalue weighted by Gasteiger charge is 2.61. The Hall–Kier alpha value is -4.05. The van der Waals surface area contributed by atoms with E-state index in [-0.39, 0.29) is 16.7 Å². The van der Waals surface area contributed by atoms with Crippen LogP contribution in [0.4, 0.5) is 17.1 Å². The van der Waals surface area contributed by atoms with Gasteiger partial charge in [-0.05, 0) is 72.8 Å². The lowest BCUT2D eigenvalue weighted by Crippen LogP contribution is -2.60. The minimum absolute atomic E-state index is 0.0119. The van der Waals surface area contributed by atoms with E-state index < -0.39 is 54.4 Å². The molecule has 0 amide bonds. The van der Waals surface area contributed by atoms with E-state index in [9.17, 15) is 29.7 Å². The first-order chi connectivity index (χ1) is 17.1. The lowest BCUT2D eigenvalue weighted by Gasteiger charge is -2.45. The van der Waals surface area contributed by atoms with Gasteiger partial charge in [-0.15, -0.1) is 0 Å². The van der Waals surface area contributed by atoms with E-state index >= 15 is 0 Å². The molecule has 36 heavy (non-hydrogen) atoms. The molecule has 0 aliphatic heterocycles. The summed E-state index contributed by atoms with van der Waals surface area (Å²) in [5.41, 5.74) is 14.1. The number of nitrogens with two attached hydrogens (primary N) is 3. The zero-order valence-corrected chi connectivity index (χ0v) is 19.6. The highest BCUT2D eigenvalue weighted by molar-refractivity contribution is 6.23. The van der Waals surface area contributed by atoms with Crippen molar-refractivity contribution in [3.63, 3.8) is 0 Å². The molecule has 3 rings (SSSR count). The van der Waals surface area contributed by atoms with E-state index in [2.05, 4.69) is 0 Å². The molecule has 9 heteroatoms. The van der Waals surface area contributed by atoms with Crippen molar-refractivity contribution in [2.45, 2.75) is 6.42 Å². The van der Waals surface area contributed by atoms with Gasteiger partial charge in [0.05, 0.1) is 25.2 Å². The lowest BCUT2D eigenvalue weighted by atomic mass is 9.55. The Labute approximate surface area is 208 Å². The SMILES string of the molecule is Nc1ccc(C(=O)CC(C(=O)c2ccc(N)cc2)(C(=O)c2ccc(N)cc2)C(CO)(CO)CO)cc1. The average Bonchev–Trinajstić information content (AvgIpc) is 2.89. The highest BCUT2D eigenvalue weighted by atomic mass is 16.3. The van der Waals surface area contributed by atoms with Gasteiger partial charge in [0.1, 0.15) is 5.41 Å². The summed E-state index contributed by atoms with van der Waals surface area (Å²) in [6, 6.07) is 17.2. The maximum absolute atomic E-state index is 14.2. The first-order valence-electron chi connectivity index (χ1n) is 11.2. The van der Waals surface area contributed by atoms with Crippen LogP contribution in [0.1, 0.15) is 37.5 Å². The fourth-order valence-corrected chi connectivity index (χ4v) is 4.26. The molecule has 0 unspecified atom stereocenters. The van der Waals surface area contributed by atoms with Crippen LogP contribution in [0.5, 0.6) is 0 Å². The molecule has 0 bridgehead atoms. The Bertz CT molecular complexity index is 1170. The van der Waals surface area contributed by atoms with E-state index in [0.717, 1.165) is 0 Å². The second-order valence-corrected chi connectivity index (χ2v) is 8.78. The fourth-order valence-electron chi connectivity index (χ4n) is 4.26. The van der Waals surface area contributed by atoms with Gasteiger partial charge < -0.3 is 32.5 Å². The molecule has 0 aliphatic rings. The third-order valence-electron chi connectivity index (χ3n) is 6.59. The lowest BCUT2D eigenvalue weighted by molar-refractivity contribution is -0.0632. The summed E-state index contributed by atoms with van der Waals surface area (Å²) in [5, 5.41) is 31.3. The van der Waals surface area contributed by atoms with Gasteiger partial charge in [-0.25, -0.2) is 0 Å². The zero-order chi connectivity index (χ0) is 26.5. The summed E-state index contributed by atoms with van der Waals surface area (Å²) < 4.78 is 0. The van der Waals surface area contributed by atoms with Crippen molar-refractivity contribution < 1.29 is 29.7 Å². The molecule has 9 N–H and O–H groups in total. The van der Waals surface area contributed by atoms with Crippen LogP contribution >= 0.6 is 0 Å². The number of hydrogen-bond donors (Lipinski definition) is 6. The summed E-state index contributed by atoms with van der Waals surface area (Å²) in [4.78, 5) is 41.9. The van der Waals surface area contributed by atoms with Crippen LogP contribution in [0.15, 0.2) is 72.8 Å². The zero-order valence-electron chi connectivity index (χ0n) is 19.6. The number of hydrogen-bond acceptors (Lipinski definition) is 9. The van der Waals surface area contributed by atoms with Crippen LogP contribution in [0.25, 0.3) is 0 Å². The third kappa shape index (κ3) is 4.72. The third-order valence-corrected chi connectivity index (χ3v) is 6.59. The van der Waals surface area contributed by atoms with Gasteiger partial charge in [0.25, 0.3) is 0 Å². The van der Waals surface area contributed by atoms with Crippen LogP contribution < -0.4 is 17.2 Å². The molecule has 0 heterocycles. The van der Waals surface area contributed by atoms with Crippen LogP contribution in [-0.4, -0.2) is 52.5 Å². The molecule has 0 fully saturated rings. The number of rotatable bonds is 11. The molecule has 0 saturated carbocycles. The van der Waals surface area contributed by atoms with Crippen molar-refractivity contribution in [3.05, 3.63) is 89.5 Å². The number of Topliss-reactive ketones (excluding diaryl/α,β-unsaturated/α-hetero) is 3. The maximum Gasteiger partial charge on any atom is 0.178 e. The number of nitrogen functional groups attached to an aromatic ring is 3. The molecule has 188 valence electrons. The Morgan fingerprint density at radius 2 is 0.861 bits per heavy atom. The van der Waals surface area contributed by atoms with Gasteiger partial charge in [0, 0.05) is 40.2 Å². The molecule has 0 aromatic heterocycles. The number of carbonyl (C=O) groups excluding carboxylic acids is 3. The average molecular weight is 492 g/mol. The van der Waals surface area contributed by atoms with Crippen LogP contribution in [-0.2, 0) is 0 Å². The second-order valence-electron chi connectivity index (χ2n) is 8.78. The monoisotopic (exact) mass is 491 g/mol. The predicted octanol–water partition coefficient (Wildman–Crippen LogP) is 1.72. The van der Waals surface area contributed by atoms with E-state index in [1.165, 1.54) is 72.8 Å². The number of aliphatic hydroxyl groups is 3. The predicted molar refractivity (Wildman–Crippen MR) is 136 cm³/mol. The van der Waals surface area contributed by atoms with Gasteiger partial charge in [-0.1, -0.05) is 0 Å². The molecule has 0 radical (unpaired) electrons. The van der Waals surface area contributed by atoms with E-state index in [1.54, 1.807) is 0 Å². The topological polar surface area (TPSA) is 190 Å². The summed E-state index contributed by atoms with van der Waals surface area (Å²) in [5.74, 6) is -2.34. The van der Waals surface area contributed by atoms with E-state index in [4.69, 9.17) is 17.2 Å². The molecule has 0 aliphatic carbocycles. The van der Waals surface area contributed by atoms with Crippen molar-refractivity contribution in [3.8, 4) is 0 Å². The molecule has 0 spiro atoms. The number of aliphatic hydroxyl groups excluding tert-OH is 3. The van der Waals surface area contributed by atoms with E-state index in [1.807, 2.05) is 0 Å². The van der Waals surface area contributed by atoms with Crippen LogP contribution in [0.2, 0.25) is 0 Å². The molecule has 0 atom stereocenters. The first kappa shape index (κ1) is 26.6. The van der Waals surface area contributed by atoms with Crippen LogP contribution in [0, 0.1) is 10.8 Å². The summed E-state index contributed by atoms with van der Waals surface area (Å²) in [6.07, 6.45) is -0.745. The minimum Gasteiger partial charge on any atom is -0.399 e. The Kier molecular flexibility index (Phi) is 7.89. The standard InChI is InChI=1S/C27H29N3O6/c28-20-7-1-17(2-8-20)23(34)13-27(26(14-31,15-32)16-33,24(35)18-3-9-21(29)10-4-18)25(36)19-5-11-22(30)12-6-19/h1-12,31-33H,13-16,28-30H2. The molecular weight excluding hydrogens is 462 g/mol. The minimum atomic E-state index is -2.39. The Morgan fingerprint density at radius 3 is 1.17 bits per heavy atom. The highest BCUT2D eigenvalue weighted by Crippen LogP contribution is 2.48. The van der Waals surface area contributed by atoms with Crippen molar-refractivity contribution in [1.82, 2.24) is 0 Å². The van der Waals surface area contributed by atoms with Crippen molar-refractivity contribution >= 4 is 34.4 Å². The van der Waals surface area contributed by atoms with Gasteiger partial charge in [-0.2, -0.15) is 0 Å². The van der Waals surface area contributed by atoms with Crippen molar-refractivity contribution in [2.24, 2.45) is 10.8 Å². The number of benzene rings is 3.